The molecule has 9 fully saturated rings. The number of rotatable bonds is 15. The zero-order chi connectivity index (χ0) is 64.3. The number of aliphatic hydroxyl groups excluding tert-OH is 18. The first kappa shape index (κ1) is 69.0. The zero-order valence-electron chi connectivity index (χ0n) is 50.5. The number of aliphatic hydroxyl groups is 18. The summed E-state index contributed by atoms with van der Waals surface area (Å²) in [4.78, 5) is 16.0. The Balaban J connectivity index is 0.988. The van der Waals surface area contributed by atoms with Crippen molar-refractivity contribution in [2.75, 3.05) is 39.6 Å². The predicted molar refractivity (Wildman–Crippen MR) is 292 cm³/mol. The molecule has 10 aliphatic rings. The molecule has 29 heteroatoms. The van der Waals surface area contributed by atoms with Crippen molar-refractivity contribution >= 4 is 5.97 Å². The molecule has 5 saturated heterocycles. The fraction of sp³-hybridized carbons (Fsp3) is 0.949. The van der Waals surface area contributed by atoms with Crippen LogP contribution in [-0.2, 0) is 52.2 Å². The number of carbonyl (C=O) groups is 1. The predicted octanol–water partition coefficient (Wildman–Crippen LogP) is -5.63. The summed E-state index contributed by atoms with van der Waals surface area (Å²) < 4.78 is 60.4. The van der Waals surface area contributed by atoms with E-state index in [1.807, 2.05) is 6.92 Å². The largest absolute Gasteiger partial charge is 0.432 e. The average molecular weight is 1270 g/mol. The van der Waals surface area contributed by atoms with Crippen molar-refractivity contribution < 1.29 is 144 Å². The Bertz CT molecular complexity index is 2440. The molecule has 18 N–H and O–H groups in total. The van der Waals surface area contributed by atoms with Crippen LogP contribution < -0.4 is 0 Å². The summed E-state index contributed by atoms with van der Waals surface area (Å²) >= 11 is 0. The van der Waals surface area contributed by atoms with E-state index in [0.29, 0.717) is 44.9 Å². The topological polar surface area (TPSA) is 474 Å². The summed E-state index contributed by atoms with van der Waals surface area (Å²) in [6.45, 7) is 8.49. The quantitative estimate of drug-likeness (QED) is 0.0413. The molecule has 88 heavy (non-hydrogen) atoms. The summed E-state index contributed by atoms with van der Waals surface area (Å²) in [5.41, 5.74) is -3.50. The number of hydrogen-bond acceptors (Lipinski definition) is 29. The molecule has 5 heterocycles. The van der Waals surface area contributed by atoms with Gasteiger partial charge < -0.3 is 139 Å². The van der Waals surface area contributed by atoms with Gasteiger partial charge in [0.1, 0.15) is 110 Å². The van der Waals surface area contributed by atoms with E-state index in [2.05, 4.69) is 40.7 Å². The number of allylic oxidation sites excluding steroid dienone is 2. The van der Waals surface area contributed by atoms with Gasteiger partial charge in [0.2, 0.25) is 6.29 Å². The molecule has 5 aliphatic heterocycles. The molecule has 0 aromatic heterocycles. The molecule has 34 unspecified atom stereocenters. The normalized spacial score (nSPS) is 54.6. The van der Waals surface area contributed by atoms with Crippen LogP contribution in [-0.4, -0.2) is 297 Å². The SMILES string of the molecule is CC1(C)CCC2(C(=O)OC3OC(COC4OCC(O)C(O)C4O)C(O)C(OC4OC(CO)C(O)C(O)C4O)C3OC3OC(CO)C(O)C(O)C3O)CCC3(C)C(=CCC4C5(C)CC(O)C(OC6OC(CO)C(O)C(O)C6O)C(C)(CO)C5CCC43C)C2C1. The van der Waals surface area contributed by atoms with Crippen LogP contribution in [0.2, 0.25) is 0 Å². The summed E-state index contributed by atoms with van der Waals surface area (Å²) in [5, 5.41) is 196. The van der Waals surface area contributed by atoms with Crippen LogP contribution in [0.1, 0.15) is 99.3 Å². The van der Waals surface area contributed by atoms with Crippen molar-refractivity contribution in [2.24, 2.45) is 50.2 Å². The van der Waals surface area contributed by atoms with E-state index < -0.39 is 238 Å². The molecule has 5 aliphatic carbocycles. The lowest BCUT2D eigenvalue weighted by molar-refractivity contribution is -0.391. The van der Waals surface area contributed by atoms with Crippen molar-refractivity contribution in [2.45, 2.75) is 259 Å². The van der Waals surface area contributed by atoms with Crippen LogP contribution in [0.5, 0.6) is 0 Å². The Hall–Kier alpha value is -1.87. The van der Waals surface area contributed by atoms with Crippen molar-refractivity contribution in [3.63, 3.8) is 0 Å². The van der Waals surface area contributed by atoms with Gasteiger partial charge in [-0.3, -0.25) is 4.79 Å². The van der Waals surface area contributed by atoms with Crippen LogP contribution in [0.4, 0.5) is 0 Å². The fourth-order valence-corrected chi connectivity index (χ4v) is 17.7. The lowest BCUT2D eigenvalue weighted by Crippen LogP contribution is -2.69. The molecular formula is C59H96O29. The van der Waals surface area contributed by atoms with E-state index in [1.165, 1.54) is 0 Å². The van der Waals surface area contributed by atoms with E-state index in [-0.39, 0.29) is 30.1 Å². The third-order valence-corrected chi connectivity index (χ3v) is 23.2. The monoisotopic (exact) mass is 1270 g/mol. The third kappa shape index (κ3) is 11.5. The highest BCUT2D eigenvalue weighted by Crippen LogP contribution is 2.76. The second kappa shape index (κ2) is 25.7. The van der Waals surface area contributed by atoms with Crippen molar-refractivity contribution in [3.05, 3.63) is 11.6 Å². The van der Waals surface area contributed by atoms with Crippen LogP contribution in [0, 0.1) is 50.2 Å². The van der Waals surface area contributed by atoms with Gasteiger partial charge in [0.05, 0.1) is 57.3 Å². The summed E-state index contributed by atoms with van der Waals surface area (Å²) in [5.74, 6) is -1.68. The van der Waals surface area contributed by atoms with Crippen molar-refractivity contribution in [1.82, 2.24) is 0 Å². The minimum absolute atomic E-state index is 0.118. The fourth-order valence-electron chi connectivity index (χ4n) is 17.7. The molecule has 0 bridgehead atoms. The lowest BCUT2D eigenvalue weighted by Gasteiger charge is -2.72. The van der Waals surface area contributed by atoms with Gasteiger partial charge in [0, 0.05) is 5.41 Å². The minimum Gasteiger partial charge on any atom is -0.432 e. The molecule has 0 amide bonds. The maximum atomic E-state index is 16.0. The van der Waals surface area contributed by atoms with E-state index in [4.69, 9.17) is 47.4 Å². The molecule has 29 nitrogen and oxygen atoms in total. The molecular weight excluding hydrogens is 1170 g/mol. The van der Waals surface area contributed by atoms with Crippen molar-refractivity contribution in [3.8, 4) is 0 Å². The number of fused-ring (bicyclic) bond motifs is 7. The zero-order valence-corrected chi connectivity index (χ0v) is 50.5. The molecule has 0 spiro atoms. The van der Waals surface area contributed by atoms with E-state index in [1.54, 1.807) is 0 Å². The summed E-state index contributed by atoms with van der Waals surface area (Å²) in [7, 11) is 0. The van der Waals surface area contributed by atoms with Gasteiger partial charge in [0.15, 0.2) is 31.3 Å². The number of hydrogen-bond donors (Lipinski definition) is 18. The number of carbonyl (C=O) groups excluding carboxylic acids is 1. The third-order valence-electron chi connectivity index (χ3n) is 23.2. The smallest absolute Gasteiger partial charge is 0.315 e. The molecule has 10 rings (SSSR count). The maximum absolute atomic E-state index is 16.0. The Morgan fingerprint density at radius 2 is 1.03 bits per heavy atom. The number of ether oxygens (including phenoxy) is 10. The highest BCUT2D eigenvalue weighted by atomic mass is 16.8. The molecule has 0 aromatic carbocycles. The van der Waals surface area contributed by atoms with Gasteiger partial charge in [-0.2, -0.15) is 0 Å². The Kier molecular flexibility index (Phi) is 20.1. The first-order chi connectivity index (χ1) is 41.3. The van der Waals surface area contributed by atoms with E-state index in [0.717, 1.165) is 5.57 Å². The van der Waals surface area contributed by atoms with E-state index in [9.17, 15) is 91.9 Å². The van der Waals surface area contributed by atoms with Gasteiger partial charge in [-0.25, -0.2) is 0 Å². The molecule has 34 atom stereocenters. The Morgan fingerprint density at radius 3 is 1.58 bits per heavy atom. The van der Waals surface area contributed by atoms with Crippen LogP contribution >= 0.6 is 0 Å². The first-order valence-electron chi connectivity index (χ1n) is 31.0. The Labute approximate surface area is 509 Å². The maximum Gasteiger partial charge on any atom is 0.315 e. The number of esters is 1. The average Bonchev–Trinajstić information content (AvgIpc) is 0.710. The minimum atomic E-state index is -2.10. The molecule has 506 valence electrons. The van der Waals surface area contributed by atoms with Gasteiger partial charge >= 0.3 is 5.97 Å². The molecule has 0 radical (unpaired) electrons. The highest BCUT2D eigenvalue weighted by molar-refractivity contribution is 5.79. The first-order valence-corrected chi connectivity index (χ1v) is 31.0. The van der Waals surface area contributed by atoms with Gasteiger partial charge in [-0.05, 0) is 97.2 Å². The standard InChI is InChI=1S/C59H96O29/c1-54(2)11-13-59(14-12-57(5)23(24(59)15-54)7-8-32-55(3)16-25(64)47(56(4,22-63)31(55)9-10-58(32,57)6)87-51-44(77)40(73)36(69)29(19-62)83-51)53(78)88-52-46(86-50-43(76)39(72)35(68)28(18-61)82-50)45(85-49-42(75)38(71)34(67)27(17-60)81-49)37(70)30(84-52)21-80-48-41(74)33(66)26(65)20-79-48/h7,24-52,60-77H,8-22H2,1-6H3. The van der Waals surface area contributed by atoms with Crippen LogP contribution in [0.15, 0.2) is 11.6 Å². The van der Waals surface area contributed by atoms with Gasteiger partial charge in [-0.1, -0.05) is 53.2 Å². The highest BCUT2D eigenvalue weighted by Gasteiger charge is 2.72. The second-order valence-electron chi connectivity index (χ2n) is 28.7. The van der Waals surface area contributed by atoms with Gasteiger partial charge in [0.25, 0.3) is 0 Å². The second-order valence-corrected chi connectivity index (χ2v) is 28.7. The molecule has 4 saturated carbocycles. The summed E-state index contributed by atoms with van der Waals surface area (Å²) in [6.07, 6.45) is -39.8. The van der Waals surface area contributed by atoms with Gasteiger partial charge in [-0.15, -0.1) is 0 Å². The molecule has 0 aromatic rings. The van der Waals surface area contributed by atoms with E-state index >= 15 is 4.79 Å². The van der Waals surface area contributed by atoms with Crippen LogP contribution in [0.25, 0.3) is 0 Å². The van der Waals surface area contributed by atoms with Crippen molar-refractivity contribution in [1.29, 1.82) is 0 Å². The Morgan fingerprint density at radius 1 is 0.523 bits per heavy atom. The summed E-state index contributed by atoms with van der Waals surface area (Å²) in [6, 6.07) is 0. The van der Waals surface area contributed by atoms with Crippen LogP contribution in [0.3, 0.4) is 0 Å². The lowest BCUT2D eigenvalue weighted by atomic mass is 9.33.